The van der Waals surface area contributed by atoms with Crippen molar-refractivity contribution in [2.75, 3.05) is 0 Å². The summed E-state index contributed by atoms with van der Waals surface area (Å²) in [6.07, 6.45) is 2.66. The second-order valence-corrected chi connectivity index (χ2v) is 5.24. The number of carbonyl (C=O) groups excluding carboxylic acids is 1. The molecule has 0 saturated carbocycles. The first-order valence-electron chi connectivity index (χ1n) is 4.43. The summed E-state index contributed by atoms with van der Waals surface area (Å²) in [5.41, 5.74) is 1.83. The summed E-state index contributed by atoms with van der Waals surface area (Å²) >= 11 is 3.11. The van der Waals surface area contributed by atoms with Gasteiger partial charge in [-0.25, -0.2) is 4.98 Å². The average Bonchev–Trinajstić information content (AvgIpc) is 2.73. The number of aldehydes is 1. The van der Waals surface area contributed by atoms with Crippen LogP contribution in [-0.4, -0.2) is 11.3 Å². The SMILES string of the molecule is Cc1ccc(Sc2nccs2)c(C=O)c1. The maximum absolute atomic E-state index is 10.9. The molecular formula is C11H9NOS2. The molecule has 4 heteroatoms. The molecule has 2 nitrogen and oxygen atoms in total. The third kappa shape index (κ3) is 2.46. The molecule has 2 aromatic rings. The molecule has 0 unspecified atom stereocenters. The summed E-state index contributed by atoms with van der Waals surface area (Å²) in [7, 11) is 0. The van der Waals surface area contributed by atoms with Crippen molar-refractivity contribution in [3.63, 3.8) is 0 Å². The van der Waals surface area contributed by atoms with Crippen LogP contribution in [0.25, 0.3) is 0 Å². The minimum absolute atomic E-state index is 0.732. The number of thiazole rings is 1. The van der Waals surface area contributed by atoms with Crippen molar-refractivity contribution in [3.8, 4) is 0 Å². The number of nitrogens with zero attached hydrogens (tertiary/aromatic N) is 1. The van der Waals surface area contributed by atoms with Gasteiger partial charge >= 0.3 is 0 Å². The van der Waals surface area contributed by atoms with E-state index >= 15 is 0 Å². The Morgan fingerprint density at radius 1 is 1.47 bits per heavy atom. The number of rotatable bonds is 3. The highest BCUT2D eigenvalue weighted by molar-refractivity contribution is 8.01. The fourth-order valence-corrected chi connectivity index (χ4v) is 2.86. The maximum atomic E-state index is 10.9. The lowest BCUT2D eigenvalue weighted by atomic mass is 10.2. The van der Waals surface area contributed by atoms with Crippen molar-refractivity contribution in [2.45, 2.75) is 16.2 Å². The van der Waals surface area contributed by atoms with Crippen molar-refractivity contribution in [3.05, 3.63) is 40.9 Å². The van der Waals surface area contributed by atoms with Crippen molar-refractivity contribution in [2.24, 2.45) is 0 Å². The molecule has 0 saturated heterocycles. The van der Waals surface area contributed by atoms with Gasteiger partial charge in [-0.3, -0.25) is 4.79 Å². The van der Waals surface area contributed by atoms with Crippen molar-refractivity contribution in [1.29, 1.82) is 0 Å². The van der Waals surface area contributed by atoms with Gasteiger partial charge in [0, 0.05) is 22.0 Å². The van der Waals surface area contributed by atoms with E-state index in [0.29, 0.717) is 0 Å². The Kier molecular flexibility index (Phi) is 3.18. The van der Waals surface area contributed by atoms with E-state index in [4.69, 9.17) is 0 Å². The predicted molar refractivity (Wildman–Crippen MR) is 62.8 cm³/mol. The lowest BCUT2D eigenvalue weighted by Crippen LogP contribution is -1.86. The molecule has 1 heterocycles. The van der Waals surface area contributed by atoms with Gasteiger partial charge in [-0.2, -0.15) is 0 Å². The van der Waals surface area contributed by atoms with Gasteiger partial charge in [-0.15, -0.1) is 11.3 Å². The van der Waals surface area contributed by atoms with Crippen LogP contribution in [0, 0.1) is 6.92 Å². The Bertz CT molecular complexity index is 465. The van der Waals surface area contributed by atoms with Gasteiger partial charge in [0.1, 0.15) is 0 Å². The normalized spacial score (nSPS) is 10.2. The van der Waals surface area contributed by atoms with Crippen molar-refractivity contribution in [1.82, 2.24) is 4.98 Å². The molecular weight excluding hydrogens is 226 g/mol. The molecule has 2 rings (SSSR count). The highest BCUT2D eigenvalue weighted by Crippen LogP contribution is 2.31. The minimum atomic E-state index is 0.732. The van der Waals surface area contributed by atoms with E-state index in [1.54, 1.807) is 17.5 Å². The second kappa shape index (κ2) is 4.59. The standard InChI is InChI=1S/C11H9NOS2/c1-8-2-3-10(9(6-8)7-13)15-11-12-4-5-14-11/h2-7H,1H3. The van der Waals surface area contributed by atoms with Crippen LogP contribution in [0.1, 0.15) is 15.9 Å². The topological polar surface area (TPSA) is 30.0 Å². The number of benzene rings is 1. The smallest absolute Gasteiger partial charge is 0.154 e. The Balaban J connectivity index is 2.32. The summed E-state index contributed by atoms with van der Waals surface area (Å²) in [6.45, 7) is 1.98. The zero-order valence-electron chi connectivity index (χ0n) is 8.14. The largest absolute Gasteiger partial charge is 0.298 e. The quantitative estimate of drug-likeness (QED) is 0.764. The van der Waals surface area contributed by atoms with Gasteiger partial charge in [-0.05, 0) is 19.1 Å². The molecule has 0 amide bonds. The first-order chi connectivity index (χ1) is 7.29. The van der Waals surface area contributed by atoms with Crippen LogP contribution in [0.5, 0.6) is 0 Å². The third-order valence-electron chi connectivity index (χ3n) is 1.90. The van der Waals surface area contributed by atoms with E-state index in [1.807, 2.05) is 30.5 Å². The van der Waals surface area contributed by atoms with E-state index in [1.165, 1.54) is 11.8 Å². The van der Waals surface area contributed by atoms with E-state index in [0.717, 1.165) is 26.6 Å². The van der Waals surface area contributed by atoms with Gasteiger partial charge < -0.3 is 0 Å². The predicted octanol–water partition coefficient (Wildman–Crippen LogP) is 3.42. The van der Waals surface area contributed by atoms with Crippen LogP contribution in [0.2, 0.25) is 0 Å². The van der Waals surface area contributed by atoms with Gasteiger partial charge in [0.05, 0.1) is 0 Å². The van der Waals surface area contributed by atoms with E-state index in [-0.39, 0.29) is 0 Å². The van der Waals surface area contributed by atoms with E-state index in [2.05, 4.69) is 4.98 Å². The Morgan fingerprint density at radius 2 is 2.33 bits per heavy atom. The number of aryl methyl sites for hydroxylation is 1. The number of carbonyl (C=O) groups is 1. The summed E-state index contributed by atoms with van der Waals surface area (Å²) in [4.78, 5) is 16.0. The monoisotopic (exact) mass is 235 g/mol. The Labute approximate surface area is 96.4 Å². The van der Waals surface area contributed by atoms with Crippen LogP contribution in [0.3, 0.4) is 0 Å². The molecule has 0 aliphatic carbocycles. The highest BCUT2D eigenvalue weighted by atomic mass is 32.2. The molecule has 0 fully saturated rings. The molecule has 0 aliphatic rings. The molecule has 1 aromatic carbocycles. The van der Waals surface area contributed by atoms with E-state index < -0.39 is 0 Å². The lowest BCUT2D eigenvalue weighted by molar-refractivity contribution is 0.112. The van der Waals surface area contributed by atoms with E-state index in [9.17, 15) is 4.79 Å². The molecule has 0 aliphatic heterocycles. The molecule has 15 heavy (non-hydrogen) atoms. The first kappa shape index (κ1) is 10.4. The summed E-state index contributed by atoms with van der Waals surface area (Å²) in [5.74, 6) is 0. The Morgan fingerprint density at radius 3 is 3.00 bits per heavy atom. The third-order valence-corrected chi connectivity index (χ3v) is 3.87. The van der Waals surface area contributed by atoms with Crippen LogP contribution < -0.4 is 0 Å². The number of aromatic nitrogens is 1. The molecule has 0 atom stereocenters. The highest BCUT2D eigenvalue weighted by Gasteiger charge is 2.05. The average molecular weight is 235 g/mol. The molecule has 0 spiro atoms. The molecule has 0 N–H and O–H groups in total. The summed E-state index contributed by atoms with van der Waals surface area (Å²) < 4.78 is 0.960. The summed E-state index contributed by atoms with van der Waals surface area (Å²) in [6, 6.07) is 5.86. The zero-order chi connectivity index (χ0) is 10.7. The molecule has 76 valence electrons. The fourth-order valence-electron chi connectivity index (χ4n) is 1.21. The molecule has 0 bridgehead atoms. The van der Waals surface area contributed by atoms with Gasteiger partial charge in [0.15, 0.2) is 10.6 Å². The zero-order valence-corrected chi connectivity index (χ0v) is 9.77. The van der Waals surface area contributed by atoms with Gasteiger partial charge in [-0.1, -0.05) is 23.4 Å². The Hall–Kier alpha value is -1.13. The van der Waals surface area contributed by atoms with Crippen molar-refractivity contribution < 1.29 is 4.79 Å². The first-order valence-corrected chi connectivity index (χ1v) is 6.12. The van der Waals surface area contributed by atoms with Crippen molar-refractivity contribution >= 4 is 29.4 Å². The van der Waals surface area contributed by atoms with Crippen LogP contribution in [-0.2, 0) is 0 Å². The van der Waals surface area contributed by atoms with Crippen LogP contribution in [0.4, 0.5) is 0 Å². The second-order valence-electron chi connectivity index (χ2n) is 3.06. The fraction of sp³-hybridized carbons (Fsp3) is 0.0909. The van der Waals surface area contributed by atoms with Gasteiger partial charge in [0.25, 0.3) is 0 Å². The van der Waals surface area contributed by atoms with Gasteiger partial charge in [0.2, 0.25) is 0 Å². The molecule has 0 radical (unpaired) electrons. The minimum Gasteiger partial charge on any atom is -0.298 e. The maximum Gasteiger partial charge on any atom is 0.154 e. The molecule has 1 aromatic heterocycles. The lowest BCUT2D eigenvalue weighted by Gasteiger charge is -2.02. The van der Waals surface area contributed by atoms with Crippen LogP contribution >= 0.6 is 23.1 Å². The summed E-state index contributed by atoms with van der Waals surface area (Å²) in [5, 5.41) is 1.93. The van der Waals surface area contributed by atoms with Crippen LogP contribution in [0.15, 0.2) is 39.0 Å². The number of hydrogen-bond donors (Lipinski definition) is 0. The number of hydrogen-bond acceptors (Lipinski definition) is 4.